The highest BCUT2D eigenvalue weighted by Crippen LogP contribution is 2.26. The van der Waals surface area contributed by atoms with E-state index in [1.165, 1.54) is 19.5 Å². The van der Waals surface area contributed by atoms with Crippen LogP contribution in [0, 0.1) is 0 Å². The largest absolute Gasteiger partial charge is 0.470 e. The summed E-state index contributed by atoms with van der Waals surface area (Å²) in [6.45, 7) is 0.744. The van der Waals surface area contributed by atoms with Crippen LogP contribution in [0.25, 0.3) is 0 Å². The first-order valence-electron chi connectivity index (χ1n) is 6.97. The number of ether oxygens (including phenoxy) is 2. The molecular formula is C15H13ClN4O4. The molecule has 0 atom stereocenters. The van der Waals surface area contributed by atoms with Crippen LogP contribution in [0.2, 0.25) is 5.15 Å². The molecule has 8 nitrogen and oxygen atoms in total. The van der Waals surface area contributed by atoms with Crippen LogP contribution in [-0.4, -0.2) is 41.9 Å². The van der Waals surface area contributed by atoms with Crippen LogP contribution in [0.5, 0.6) is 11.6 Å². The standard InChI is InChI=1S/C15H13ClN4O4/c1-21-19-14(15-20-23-7-6-22-15)10-4-2-3-5-11(10)24-13-8-12(16)17-9-18-13/h2-5,8-9H,6-7H2,1H3. The zero-order chi connectivity index (χ0) is 16.8. The molecule has 0 fully saturated rings. The van der Waals surface area contributed by atoms with Crippen molar-refractivity contribution < 1.29 is 19.1 Å². The van der Waals surface area contributed by atoms with Crippen LogP contribution in [0.4, 0.5) is 0 Å². The summed E-state index contributed by atoms with van der Waals surface area (Å²) in [4.78, 5) is 17.8. The molecule has 124 valence electrons. The van der Waals surface area contributed by atoms with Crippen molar-refractivity contribution in [1.29, 1.82) is 0 Å². The Morgan fingerprint density at radius 3 is 2.88 bits per heavy atom. The van der Waals surface area contributed by atoms with Gasteiger partial charge in [0.1, 0.15) is 30.9 Å². The van der Waals surface area contributed by atoms with E-state index in [-0.39, 0.29) is 11.1 Å². The second kappa shape index (κ2) is 7.60. The van der Waals surface area contributed by atoms with Crippen molar-refractivity contribution >= 4 is 23.2 Å². The molecule has 0 amide bonds. The van der Waals surface area contributed by atoms with E-state index < -0.39 is 0 Å². The normalized spacial score (nSPS) is 14.2. The van der Waals surface area contributed by atoms with Gasteiger partial charge >= 0.3 is 0 Å². The third-order valence-corrected chi connectivity index (χ3v) is 3.12. The molecule has 0 aliphatic carbocycles. The molecule has 0 bridgehead atoms. The molecule has 1 aliphatic heterocycles. The van der Waals surface area contributed by atoms with Crippen molar-refractivity contribution in [2.75, 3.05) is 20.3 Å². The summed E-state index contributed by atoms with van der Waals surface area (Å²) in [6.07, 6.45) is 1.31. The molecule has 0 radical (unpaired) electrons. The highest BCUT2D eigenvalue weighted by molar-refractivity contribution is 6.45. The fourth-order valence-corrected chi connectivity index (χ4v) is 2.09. The maximum Gasteiger partial charge on any atom is 0.280 e. The summed E-state index contributed by atoms with van der Waals surface area (Å²) < 4.78 is 11.3. The Bertz CT molecular complexity index is 782. The van der Waals surface area contributed by atoms with E-state index >= 15 is 0 Å². The number of hydrogen-bond donors (Lipinski definition) is 0. The summed E-state index contributed by atoms with van der Waals surface area (Å²) in [5.41, 5.74) is 0.936. The van der Waals surface area contributed by atoms with Gasteiger partial charge in [-0.3, -0.25) is 0 Å². The summed E-state index contributed by atoms with van der Waals surface area (Å²) in [5, 5.41) is 8.12. The number of halogens is 1. The van der Waals surface area contributed by atoms with E-state index in [0.29, 0.717) is 36.1 Å². The molecule has 0 unspecified atom stereocenters. The van der Waals surface area contributed by atoms with Gasteiger partial charge in [0.25, 0.3) is 5.90 Å². The third-order valence-electron chi connectivity index (χ3n) is 2.91. The van der Waals surface area contributed by atoms with Crippen molar-refractivity contribution in [2.45, 2.75) is 0 Å². The van der Waals surface area contributed by atoms with E-state index in [0.717, 1.165) is 0 Å². The van der Waals surface area contributed by atoms with Gasteiger partial charge < -0.3 is 19.1 Å². The smallest absolute Gasteiger partial charge is 0.280 e. The van der Waals surface area contributed by atoms with E-state index in [1.807, 2.05) is 12.1 Å². The lowest BCUT2D eigenvalue weighted by atomic mass is 10.1. The molecule has 1 aromatic heterocycles. The minimum absolute atomic E-state index is 0.208. The summed E-state index contributed by atoms with van der Waals surface area (Å²) in [6, 6.07) is 8.68. The Balaban J connectivity index is 1.97. The van der Waals surface area contributed by atoms with Crippen LogP contribution >= 0.6 is 11.6 Å². The van der Waals surface area contributed by atoms with Crippen molar-refractivity contribution in [3.8, 4) is 11.6 Å². The monoisotopic (exact) mass is 348 g/mol. The molecule has 2 aromatic rings. The number of para-hydroxylation sites is 1. The lowest BCUT2D eigenvalue weighted by Crippen LogP contribution is -2.25. The van der Waals surface area contributed by atoms with Crippen LogP contribution in [0.3, 0.4) is 0 Å². The van der Waals surface area contributed by atoms with Gasteiger partial charge in [0.05, 0.1) is 5.56 Å². The Hall–Kier alpha value is -2.87. The van der Waals surface area contributed by atoms with Gasteiger partial charge in [-0.05, 0) is 17.3 Å². The molecule has 0 saturated heterocycles. The summed E-state index contributed by atoms with van der Waals surface area (Å²) >= 11 is 5.85. The average molecular weight is 349 g/mol. The first-order valence-corrected chi connectivity index (χ1v) is 7.35. The number of oxime groups is 2. The first kappa shape index (κ1) is 16.0. The number of rotatable bonds is 5. The van der Waals surface area contributed by atoms with Crippen molar-refractivity contribution in [2.24, 2.45) is 10.3 Å². The van der Waals surface area contributed by atoms with Crippen LogP contribution < -0.4 is 4.74 Å². The number of aromatic nitrogens is 2. The fraction of sp³-hybridized carbons (Fsp3) is 0.200. The second-order valence-electron chi connectivity index (χ2n) is 4.48. The van der Waals surface area contributed by atoms with E-state index in [9.17, 15) is 0 Å². The lowest BCUT2D eigenvalue weighted by Gasteiger charge is -2.16. The minimum atomic E-state index is 0.208. The van der Waals surface area contributed by atoms with Crippen molar-refractivity contribution in [1.82, 2.24) is 9.97 Å². The molecule has 0 saturated carbocycles. The van der Waals surface area contributed by atoms with Crippen LogP contribution in [0.15, 0.2) is 47.0 Å². The van der Waals surface area contributed by atoms with E-state index in [2.05, 4.69) is 20.3 Å². The zero-order valence-corrected chi connectivity index (χ0v) is 13.4. The van der Waals surface area contributed by atoms with Gasteiger partial charge in [0.2, 0.25) is 5.88 Å². The van der Waals surface area contributed by atoms with Crippen molar-refractivity contribution in [3.63, 3.8) is 0 Å². The third kappa shape index (κ3) is 3.72. The number of benzene rings is 1. The van der Waals surface area contributed by atoms with E-state index in [1.54, 1.807) is 12.1 Å². The molecule has 24 heavy (non-hydrogen) atoms. The molecule has 1 aliphatic rings. The van der Waals surface area contributed by atoms with Gasteiger partial charge in [0, 0.05) is 6.07 Å². The minimum Gasteiger partial charge on any atom is -0.470 e. The SMILES string of the molecule is CON=C(C1=NOCCO1)c1ccccc1Oc1cc(Cl)ncn1. The molecule has 1 aromatic carbocycles. The summed E-state index contributed by atoms with van der Waals surface area (Å²) in [5.74, 6) is 0.974. The van der Waals surface area contributed by atoms with Gasteiger partial charge in [-0.25, -0.2) is 9.97 Å². The quantitative estimate of drug-likeness (QED) is 0.469. The zero-order valence-electron chi connectivity index (χ0n) is 12.7. The predicted octanol–water partition coefficient (Wildman–Crippen LogP) is 2.63. The van der Waals surface area contributed by atoms with Gasteiger partial charge in [-0.2, -0.15) is 0 Å². The molecule has 0 N–H and O–H groups in total. The lowest BCUT2D eigenvalue weighted by molar-refractivity contribution is 0.0672. The van der Waals surface area contributed by atoms with Crippen molar-refractivity contribution in [3.05, 3.63) is 47.4 Å². The molecule has 2 heterocycles. The summed E-state index contributed by atoms with van der Waals surface area (Å²) in [7, 11) is 1.43. The highest BCUT2D eigenvalue weighted by atomic mass is 35.5. The molecule has 9 heteroatoms. The van der Waals surface area contributed by atoms with Gasteiger partial charge in [-0.1, -0.05) is 28.9 Å². The molecule has 3 rings (SSSR count). The number of hydrogen-bond acceptors (Lipinski definition) is 8. The number of nitrogens with zero attached hydrogens (tertiary/aromatic N) is 4. The Labute approximate surface area is 142 Å². The molecule has 0 spiro atoms. The highest BCUT2D eigenvalue weighted by Gasteiger charge is 2.22. The maximum atomic E-state index is 5.85. The van der Waals surface area contributed by atoms with Gasteiger partial charge in [0.15, 0.2) is 12.3 Å². The Morgan fingerprint density at radius 2 is 2.12 bits per heavy atom. The predicted molar refractivity (Wildman–Crippen MR) is 86.4 cm³/mol. The Kier molecular flexibility index (Phi) is 5.07. The van der Waals surface area contributed by atoms with Crippen LogP contribution in [-0.2, 0) is 14.4 Å². The molecular weight excluding hydrogens is 336 g/mol. The average Bonchev–Trinajstić information content (AvgIpc) is 2.61. The Morgan fingerprint density at radius 1 is 1.25 bits per heavy atom. The van der Waals surface area contributed by atoms with Gasteiger partial charge in [-0.15, -0.1) is 0 Å². The second-order valence-corrected chi connectivity index (χ2v) is 4.87. The fourth-order valence-electron chi connectivity index (χ4n) is 1.95. The van der Waals surface area contributed by atoms with E-state index in [4.69, 9.17) is 30.7 Å². The first-order chi connectivity index (χ1) is 11.8. The topological polar surface area (TPSA) is 87.4 Å². The van der Waals surface area contributed by atoms with Crippen LogP contribution in [0.1, 0.15) is 5.56 Å². The maximum absolute atomic E-state index is 5.85.